The lowest BCUT2D eigenvalue weighted by molar-refractivity contribution is -0.149. The number of esters is 1. The summed E-state index contributed by atoms with van der Waals surface area (Å²) < 4.78 is 19.7. The van der Waals surface area contributed by atoms with E-state index in [1.54, 1.807) is 13.0 Å². The maximum absolute atomic E-state index is 11.8. The molecule has 0 bridgehead atoms. The van der Waals surface area contributed by atoms with Gasteiger partial charge in [0.05, 0.1) is 0 Å². The maximum atomic E-state index is 11.8. The van der Waals surface area contributed by atoms with Crippen LogP contribution in [-0.4, -0.2) is 35.4 Å². The number of rotatable bonds is 7. The van der Waals surface area contributed by atoms with Gasteiger partial charge in [0.25, 0.3) is 11.8 Å². The van der Waals surface area contributed by atoms with E-state index in [9.17, 15) is 9.59 Å². The van der Waals surface area contributed by atoms with Gasteiger partial charge >= 0.3 is 5.97 Å². The van der Waals surface area contributed by atoms with Crippen LogP contribution >= 0.6 is 0 Å². The molecule has 2 aromatic heterocycles. The zero-order valence-electron chi connectivity index (χ0n) is 14.7. The Morgan fingerprint density at radius 3 is 2.52 bits per heavy atom. The Bertz CT molecular complexity index is 929. The highest BCUT2D eigenvalue weighted by Gasteiger charge is 2.13. The normalized spacial score (nSPS) is 10.4. The van der Waals surface area contributed by atoms with Crippen molar-refractivity contribution in [1.29, 1.82) is 0 Å². The molecule has 0 spiro atoms. The van der Waals surface area contributed by atoms with Crippen LogP contribution in [0.1, 0.15) is 11.3 Å². The monoisotopic (exact) mass is 371 g/mol. The number of hydrogen-bond acceptors (Lipinski definition) is 8. The minimum Gasteiger partial charge on any atom is -0.463 e. The predicted molar refractivity (Wildman–Crippen MR) is 93.0 cm³/mol. The van der Waals surface area contributed by atoms with E-state index in [0.717, 1.165) is 11.1 Å². The van der Waals surface area contributed by atoms with Gasteiger partial charge in [-0.05, 0) is 19.0 Å². The Kier molecular flexibility index (Phi) is 5.50. The Hall–Kier alpha value is -3.62. The fourth-order valence-electron chi connectivity index (χ4n) is 2.10. The SMILES string of the molecule is Cc1ccc(-c2cc(NC(=O)COC(=O)COc3cc(C)on3)on2)cc1. The van der Waals surface area contributed by atoms with Gasteiger partial charge in [-0.3, -0.25) is 10.1 Å². The molecule has 0 aliphatic heterocycles. The van der Waals surface area contributed by atoms with Crippen LogP contribution in [0.5, 0.6) is 5.88 Å². The van der Waals surface area contributed by atoms with Gasteiger partial charge in [-0.1, -0.05) is 35.0 Å². The van der Waals surface area contributed by atoms with Gasteiger partial charge in [-0.25, -0.2) is 4.79 Å². The zero-order chi connectivity index (χ0) is 19.2. The first-order chi connectivity index (χ1) is 13.0. The second kappa shape index (κ2) is 8.17. The summed E-state index contributed by atoms with van der Waals surface area (Å²) in [7, 11) is 0. The molecule has 0 saturated carbocycles. The molecule has 3 aromatic rings. The van der Waals surface area contributed by atoms with Crippen LogP contribution in [0.2, 0.25) is 0 Å². The maximum Gasteiger partial charge on any atom is 0.344 e. The summed E-state index contributed by atoms with van der Waals surface area (Å²) in [5.41, 5.74) is 2.57. The Morgan fingerprint density at radius 1 is 1.04 bits per heavy atom. The van der Waals surface area contributed by atoms with E-state index in [0.29, 0.717) is 11.5 Å². The molecule has 0 fully saturated rings. The van der Waals surface area contributed by atoms with Crippen molar-refractivity contribution in [1.82, 2.24) is 10.3 Å². The summed E-state index contributed by atoms with van der Waals surface area (Å²) >= 11 is 0. The fraction of sp³-hybridized carbons (Fsp3) is 0.222. The van der Waals surface area contributed by atoms with E-state index in [1.807, 2.05) is 31.2 Å². The number of aromatic nitrogens is 2. The van der Waals surface area contributed by atoms with Crippen molar-refractivity contribution >= 4 is 17.8 Å². The molecule has 140 valence electrons. The van der Waals surface area contributed by atoms with Crippen molar-refractivity contribution in [3.8, 4) is 17.1 Å². The molecule has 1 N–H and O–H groups in total. The average Bonchev–Trinajstić information content (AvgIpc) is 3.28. The Balaban J connectivity index is 1.44. The molecule has 0 atom stereocenters. The lowest BCUT2D eigenvalue weighted by atomic mass is 10.1. The molecular formula is C18H17N3O6. The fourth-order valence-corrected chi connectivity index (χ4v) is 2.10. The summed E-state index contributed by atoms with van der Waals surface area (Å²) in [5.74, 6) is -0.411. The number of amides is 1. The summed E-state index contributed by atoms with van der Waals surface area (Å²) in [6.45, 7) is 2.80. The van der Waals surface area contributed by atoms with Crippen molar-refractivity contribution < 1.29 is 28.1 Å². The highest BCUT2D eigenvalue weighted by atomic mass is 16.6. The van der Waals surface area contributed by atoms with E-state index < -0.39 is 18.5 Å². The summed E-state index contributed by atoms with van der Waals surface area (Å²) in [6, 6.07) is 10.8. The first kappa shape index (κ1) is 18.2. The van der Waals surface area contributed by atoms with Crippen molar-refractivity contribution in [2.75, 3.05) is 18.5 Å². The number of nitrogens with one attached hydrogen (secondary N) is 1. The number of nitrogens with zero attached hydrogens (tertiary/aromatic N) is 2. The summed E-state index contributed by atoms with van der Waals surface area (Å²) in [5, 5.41) is 9.93. The van der Waals surface area contributed by atoms with Gasteiger partial charge in [0.1, 0.15) is 11.5 Å². The molecule has 0 aliphatic carbocycles. The summed E-state index contributed by atoms with van der Waals surface area (Å²) in [6.07, 6.45) is 0. The predicted octanol–water partition coefficient (Wildman–Crippen LogP) is 2.51. The zero-order valence-corrected chi connectivity index (χ0v) is 14.7. The largest absolute Gasteiger partial charge is 0.463 e. The van der Waals surface area contributed by atoms with Crippen molar-refractivity contribution in [2.24, 2.45) is 0 Å². The Labute approximate surface area is 154 Å². The molecule has 2 heterocycles. The molecule has 0 radical (unpaired) electrons. The third kappa shape index (κ3) is 5.18. The second-order valence-corrected chi connectivity index (χ2v) is 5.72. The van der Waals surface area contributed by atoms with Crippen molar-refractivity contribution in [3.63, 3.8) is 0 Å². The van der Waals surface area contributed by atoms with E-state index in [1.165, 1.54) is 6.07 Å². The average molecular weight is 371 g/mol. The van der Waals surface area contributed by atoms with Gasteiger partial charge in [0, 0.05) is 17.7 Å². The van der Waals surface area contributed by atoms with Crippen LogP contribution in [0.3, 0.4) is 0 Å². The van der Waals surface area contributed by atoms with E-state index in [2.05, 4.69) is 15.6 Å². The highest BCUT2D eigenvalue weighted by molar-refractivity contribution is 5.92. The first-order valence-corrected chi connectivity index (χ1v) is 8.05. The van der Waals surface area contributed by atoms with Gasteiger partial charge in [0.2, 0.25) is 5.88 Å². The van der Waals surface area contributed by atoms with Gasteiger partial charge in [-0.15, -0.1) is 0 Å². The third-order valence-corrected chi connectivity index (χ3v) is 3.43. The quantitative estimate of drug-likeness (QED) is 0.630. The molecule has 0 aliphatic rings. The highest BCUT2D eigenvalue weighted by Crippen LogP contribution is 2.21. The minimum absolute atomic E-state index is 0.154. The number of carbonyl (C=O) groups is 2. The molecule has 1 aromatic carbocycles. The number of aryl methyl sites for hydroxylation is 2. The van der Waals surface area contributed by atoms with Crippen LogP contribution < -0.4 is 10.1 Å². The first-order valence-electron chi connectivity index (χ1n) is 8.05. The topological polar surface area (TPSA) is 117 Å². The number of carbonyl (C=O) groups excluding carboxylic acids is 2. The van der Waals surface area contributed by atoms with E-state index in [4.69, 9.17) is 18.5 Å². The lowest BCUT2D eigenvalue weighted by Gasteiger charge is -2.04. The molecule has 0 unspecified atom stereocenters. The molecule has 27 heavy (non-hydrogen) atoms. The number of ether oxygens (including phenoxy) is 2. The van der Waals surface area contributed by atoms with Gasteiger partial charge in [-0.2, -0.15) is 0 Å². The minimum atomic E-state index is -0.719. The smallest absolute Gasteiger partial charge is 0.344 e. The van der Waals surface area contributed by atoms with Crippen LogP contribution in [0.25, 0.3) is 11.3 Å². The van der Waals surface area contributed by atoms with Crippen LogP contribution in [0.4, 0.5) is 5.88 Å². The van der Waals surface area contributed by atoms with Crippen LogP contribution in [-0.2, 0) is 14.3 Å². The molecule has 1 amide bonds. The molecular weight excluding hydrogens is 354 g/mol. The van der Waals surface area contributed by atoms with Crippen molar-refractivity contribution in [3.05, 3.63) is 47.7 Å². The molecule has 9 nitrogen and oxygen atoms in total. The molecule has 0 saturated heterocycles. The number of anilines is 1. The van der Waals surface area contributed by atoms with E-state index >= 15 is 0 Å². The molecule has 3 rings (SSSR count). The standard InChI is InChI=1S/C18H17N3O6/c1-11-3-5-13(6-4-11)14-8-16(27-20-14)19-15(22)9-25-18(23)10-24-17-7-12(2)26-21-17/h3-8H,9-10H2,1-2H3,(H,19,22). The van der Waals surface area contributed by atoms with Crippen molar-refractivity contribution in [2.45, 2.75) is 13.8 Å². The van der Waals surface area contributed by atoms with Crippen LogP contribution in [0, 0.1) is 13.8 Å². The molecule has 9 heteroatoms. The number of hydrogen-bond donors (Lipinski definition) is 1. The number of benzene rings is 1. The Morgan fingerprint density at radius 2 is 1.81 bits per heavy atom. The van der Waals surface area contributed by atoms with Gasteiger partial charge in [0.15, 0.2) is 13.2 Å². The summed E-state index contributed by atoms with van der Waals surface area (Å²) in [4.78, 5) is 23.4. The lowest BCUT2D eigenvalue weighted by Crippen LogP contribution is -2.23. The van der Waals surface area contributed by atoms with E-state index in [-0.39, 0.29) is 18.4 Å². The van der Waals surface area contributed by atoms with Gasteiger partial charge < -0.3 is 18.5 Å². The third-order valence-electron chi connectivity index (χ3n) is 3.43. The second-order valence-electron chi connectivity index (χ2n) is 5.72. The van der Waals surface area contributed by atoms with Crippen LogP contribution in [0.15, 0.2) is 45.4 Å².